The first-order chi connectivity index (χ1) is 12.7. The molecule has 138 valence electrons. The lowest BCUT2D eigenvalue weighted by Gasteiger charge is -2.35. The van der Waals surface area contributed by atoms with Gasteiger partial charge >= 0.3 is 0 Å². The number of anilines is 1. The topological polar surface area (TPSA) is 45.7 Å². The summed E-state index contributed by atoms with van der Waals surface area (Å²) in [6, 6.07) is 13.0. The Balaban J connectivity index is 1.54. The number of rotatable bonds is 6. The number of halogens is 1. The highest BCUT2D eigenvalue weighted by Gasteiger charge is 2.23. The van der Waals surface area contributed by atoms with Gasteiger partial charge in [-0.25, -0.2) is 4.98 Å². The first-order valence-electron chi connectivity index (χ1n) is 9.07. The third-order valence-corrected chi connectivity index (χ3v) is 4.67. The van der Waals surface area contributed by atoms with Gasteiger partial charge in [-0.05, 0) is 42.8 Å². The maximum absolute atomic E-state index is 12.7. The summed E-state index contributed by atoms with van der Waals surface area (Å²) in [6.07, 6.45) is 2.14. The highest BCUT2D eigenvalue weighted by Crippen LogP contribution is 2.18. The molecule has 1 aliphatic heterocycles. The van der Waals surface area contributed by atoms with Gasteiger partial charge in [0.1, 0.15) is 16.7 Å². The molecule has 1 aromatic carbocycles. The van der Waals surface area contributed by atoms with Gasteiger partial charge in [0.25, 0.3) is 5.91 Å². The lowest BCUT2D eigenvalue weighted by molar-refractivity contribution is 0.0746. The van der Waals surface area contributed by atoms with Crippen LogP contribution in [0.5, 0.6) is 5.75 Å². The monoisotopic (exact) mass is 373 g/mol. The maximum Gasteiger partial charge on any atom is 0.253 e. The molecular weight excluding hydrogens is 350 g/mol. The molecule has 0 N–H and O–H groups in total. The van der Waals surface area contributed by atoms with Gasteiger partial charge in [-0.2, -0.15) is 0 Å². The quantitative estimate of drug-likeness (QED) is 0.569. The van der Waals surface area contributed by atoms with Crippen LogP contribution in [0, 0.1) is 0 Å². The predicted octanol–water partition coefficient (Wildman–Crippen LogP) is 3.88. The molecule has 0 spiro atoms. The molecule has 1 aliphatic rings. The number of amides is 1. The standard InChI is InChI=1S/C20H24ClN3O2/c1-2-3-15-26-17-9-7-16(8-10-17)20(25)24-13-11-23(12-14-24)19-6-4-5-18(21)22-19/h4-10H,2-3,11-15H2,1H3. The molecule has 0 saturated carbocycles. The number of carbonyl (C=O) groups excluding carboxylic acids is 1. The van der Waals surface area contributed by atoms with Gasteiger partial charge in [0.2, 0.25) is 0 Å². The van der Waals surface area contributed by atoms with Crippen molar-refractivity contribution in [3.05, 3.63) is 53.2 Å². The van der Waals surface area contributed by atoms with Crippen LogP contribution in [-0.4, -0.2) is 48.6 Å². The Morgan fingerprint density at radius 1 is 1.12 bits per heavy atom. The van der Waals surface area contributed by atoms with Crippen molar-refractivity contribution in [3.8, 4) is 5.75 Å². The van der Waals surface area contributed by atoms with E-state index in [1.165, 1.54) is 0 Å². The molecule has 26 heavy (non-hydrogen) atoms. The number of ether oxygens (including phenoxy) is 1. The first kappa shape index (κ1) is 18.5. The minimum Gasteiger partial charge on any atom is -0.494 e. The van der Waals surface area contributed by atoms with Gasteiger partial charge in [-0.1, -0.05) is 31.0 Å². The van der Waals surface area contributed by atoms with Crippen molar-refractivity contribution < 1.29 is 9.53 Å². The van der Waals surface area contributed by atoms with Crippen molar-refractivity contribution in [3.63, 3.8) is 0 Å². The third-order valence-electron chi connectivity index (χ3n) is 4.46. The number of hydrogen-bond acceptors (Lipinski definition) is 4. The Bertz CT molecular complexity index is 728. The number of aromatic nitrogens is 1. The molecule has 2 aromatic rings. The number of carbonyl (C=O) groups is 1. The zero-order chi connectivity index (χ0) is 18.4. The van der Waals surface area contributed by atoms with Crippen LogP contribution in [0.15, 0.2) is 42.5 Å². The molecule has 1 aromatic heterocycles. The SMILES string of the molecule is CCCCOc1ccc(C(=O)N2CCN(c3cccc(Cl)n3)CC2)cc1. The Hall–Kier alpha value is -2.27. The lowest BCUT2D eigenvalue weighted by atomic mass is 10.1. The van der Waals surface area contributed by atoms with Crippen molar-refractivity contribution in [2.24, 2.45) is 0 Å². The van der Waals surface area contributed by atoms with E-state index >= 15 is 0 Å². The van der Waals surface area contributed by atoms with Gasteiger partial charge in [0.05, 0.1) is 6.61 Å². The molecule has 1 fully saturated rings. The molecule has 0 radical (unpaired) electrons. The van der Waals surface area contributed by atoms with Crippen LogP contribution in [0.25, 0.3) is 0 Å². The summed E-state index contributed by atoms with van der Waals surface area (Å²) in [7, 11) is 0. The minimum atomic E-state index is 0.0591. The van der Waals surface area contributed by atoms with Gasteiger partial charge < -0.3 is 14.5 Å². The van der Waals surface area contributed by atoms with E-state index in [-0.39, 0.29) is 5.91 Å². The molecule has 2 heterocycles. The van der Waals surface area contributed by atoms with Crippen LogP contribution in [0.2, 0.25) is 5.15 Å². The number of benzene rings is 1. The molecule has 0 atom stereocenters. The first-order valence-corrected chi connectivity index (χ1v) is 9.45. The second-order valence-corrected chi connectivity index (χ2v) is 6.71. The van der Waals surface area contributed by atoms with E-state index in [1.807, 2.05) is 41.3 Å². The molecule has 3 rings (SSSR count). The van der Waals surface area contributed by atoms with Crippen LogP contribution < -0.4 is 9.64 Å². The number of nitrogens with zero attached hydrogens (tertiary/aromatic N) is 3. The van der Waals surface area contributed by atoms with Crippen LogP contribution in [0.1, 0.15) is 30.1 Å². The third kappa shape index (κ3) is 4.67. The summed E-state index contributed by atoms with van der Waals surface area (Å²) in [5.74, 6) is 1.73. The fraction of sp³-hybridized carbons (Fsp3) is 0.400. The zero-order valence-electron chi connectivity index (χ0n) is 15.0. The van der Waals surface area contributed by atoms with Gasteiger partial charge in [0.15, 0.2) is 0 Å². The maximum atomic E-state index is 12.7. The summed E-state index contributed by atoms with van der Waals surface area (Å²) in [5, 5.41) is 0.488. The van der Waals surface area contributed by atoms with E-state index in [0.717, 1.165) is 37.5 Å². The Labute approximate surface area is 159 Å². The van der Waals surface area contributed by atoms with Crippen molar-refractivity contribution in [1.29, 1.82) is 0 Å². The van der Waals surface area contributed by atoms with E-state index in [4.69, 9.17) is 16.3 Å². The summed E-state index contributed by atoms with van der Waals surface area (Å²) < 4.78 is 5.65. The lowest BCUT2D eigenvalue weighted by Crippen LogP contribution is -2.49. The number of pyridine rings is 1. The summed E-state index contributed by atoms with van der Waals surface area (Å²) >= 11 is 5.96. The number of unbranched alkanes of at least 4 members (excludes halogenated alkanes) is 1. The van der Waals surface area contributed by atoms with Crippen LogP contribution in [0.4, 0.5) is 5.82 Å². The molecule has 0 unspecified atom stereocenters. The molecule has 1 saturated heterocycles. The fourth-order valence-electron chi connectivity index (χ4n) is 2.92. The van der Waals surface area contributed by atoms with Gasteiger partial charge in [0, 0.05) is 31.7 Å². The van der Waals surface area contributed by atoms with Crippen molar-refractivity contribution >= 4 is 23.3 Å². The van der Waals surface area contributed by atoms with Crippen molar-refractivity contribution in [1.82, 2.24) is 9.88 Å². The Kier molecular flexibility index (Phi) is 6.34. The second kappa shape index (κ2) is 8.90. The summed E-state index contributed by atoms with van der Waals surface area (Å²) in [6.45, 7) is 5.68. The largest absolute Gasteiger partial charge is 0.494 e. The van der Waals surface area contributed by atoms with E-state index in [9.17, 15) is 4.79 Å². The van der Waals surface area contributed by atoms with Crippen LogP contribution in [0.3, 0.4) is 0 Å². The molecule has 5 nitrogen and oxygen atoms in total. The van der Waals surface area contributed by atoms with E-state index < -0.39 is 0 Å². The predicted molar refractivity (Wildman–Crippen MR) is 104 cm³/mol. The van der Waals surface area contributed by atoms with Gasteiger partial charge in [-0.3, -0.25) is 4.79 Å². The molecule has 1 amide bonds. The highest BCUT2D eigenvalue weighted by molar-refractivity contribution is 6.29. The Morgan fingerprint density at radius 2 is 1.85 bits per heavy atom. The molecule has 0 aliphatic carbocycles. The Morgan fingerprint density at radius 3 is 2.50 bits per heavy atom. The smallest absolute Gasteiger partial charge is 0.253 e. The summed E-state index contributed by atoms with van der Waals surface area (Å²) in [4.78, 5) is 21.1. The fourth-order valence-corrected chi connectivity index (χ4v) is 3.08. The van der Waals surface area contributed by atoms with Crippen LogP contribution >= 0.6 is 11.6 Å². The van der Waals surface area contributed by atoms with E-state index in [1.54, 1.807) is 6.07 Å². The van der Waals surface area contributed by atoms with Crippen LogP contribution in [-0.2, 0) is 0 Å². The number of piperazine rings is 1. The summed E-state index contributed by atoms with van der Waals surface area (Å²) in [5.41, 5.74) is 0.696. The molecule has 0 bridgehead atoms. The minimum absolute atomic E-state index is 0.0591. The normalized spacial score (nSPS) is 14.4. The average molecular weight is 374 g/mol. The number of hydrogen-bond donors (Lipinski definition) is 0. The second-order valence-electron chi connectivity index (χ2n) is 6.32. The van der Waals surface area contributed by atoms with Gasteiger partial charge in [-0.15, -0.1) is 0 Å². The van der Waals surface area contributed by atoms with E-state index in [0.29, 0.717) is 30.4 Å². The van der Waals surface area contributed by atoms with Crippen molar-refractivity contribution in [2.75, 3.05) is 37.7 Å². The molecule has 6 heteroatoms. The molecular formula is C20H24ClN3O2. The van der Waals surface area contributed by atoms with E-state index in [2.05, 4.69) is 16.8 Å². The highest BCUT2D eigenvalue weighted by atomic mass is 35.5. The average Bonchev–Trinajstić information content (AvgIpc) is 2.68. The van der Waals surface area contributed by atoms with Crippen molar-refractivity contribution in [2.45, 2.75) is 19.8 Å². The zero-order valence-corrected chi connectivity index (χ0v) is 15.8.